The van der Waals surface area contributed by atoms with Gasteiger partial charge >= 0.3 is 12.1 Å². The first kappa shape index (κ1) is 73.0. The Morgan fingerprint density at radius 1 is 0.583 bits per heavy atom. The number of carbonyl (C=O) groups excluding carboxylic acids is 5. The van der Waals surface area contributed by atoms with Crippen LogP contribution in [-0.2, 0) is 87.1 Å². The third-order valence-corrected chi connectivity index (χ3v) is 25.4. The van der Waals surface area contributed by atoms with Gasteiger partial charge < -0.3 is 49.3 Å². The zero-order chi connectivity index (χ0) is 71.2. The maximum absolute atomic E-state index is 14.5. The van der Waals surface area contributed by atoms with Crippen molar-refractivity contribution in [1.82, 2.24) is 59.8 Å². The van der Waals surface area contributed by atoms with Gasteiger partial charge in [-0.1, -0.05) is 58.1 Å². The molecule has 3 aromatic carbocycles. The number of carbonyl (C=O) groups is 6. The normalized spacial score (nSPS) is 25.0. The van der Waals surface area contributed by atoms with E-state index in [1.54, 1.807) is 24.0 Å². The average Bonchev–Trinajstić information content (AvgIpc) is 1.45. The summed E-state index contributed by atoms with van der Waals surface area (Å²) in [5.41, 5.74) is 8.25. The molecule has 17 rings (SSSR count). The van der Waals surface area contributed by atoms with E-state index < -0.39 is 41.1 Å². The highest BCUT2D eigenvalue weighted by Crippen LogP contribution is 2.57. The van der Waals surface area contributed by atoms with E-state index in [1.165, 1.54) is 25.0 Å². The SMILES string of the molecule is CC(C)(C)OC(=O)N1CCc2c(Cl)ccc(O)c2[C@H]1CN1CC2(CC2)CC1=O.C[C@]1(C(=O)O)CCCC[C@H]1C(=O)N1CCc2c(Cl)ccc(OCc3nnn4c3CCCC4)c2[C@H]1CN1CC2(CC2)CC1=O.Cl.O=C1CC2(CC2)CN1C[C@H]1NCCc2c(Cl)ccc(OCc3nnn4c3CCCC4)c21. The number of nitrogens with one attached hydrogen (secondary N) is 1. The number of carboxylic acids is 1. The fraction of sp³-hybridized carbons (Fsp3) is 0.632. The van der Waals surface area contributed by atoms with Gasteiger partial charge in [0.15, 0.2) is 0 Å². The third kappa shape index (κ3) is 14.8. The van der Waals surface area contributed by atoms with E-state index >= 15 is 0 Å². The van der Waals surface area contributed by atoms with Crippen molar-refractivity contribution < 1.29 is 53.2 Å². The summed E-state index contributed by atoms with van der Waals surface area (Å²) in [6.45, 7) is 15.0. The fourth-order valence-electron chi connectivity index (χ4n) is 18.0. The van der Waals surface area contributed by atoms with E-state index in [9.17, 15) is 39.0 Å². The molecule has 3 saturated heterocycles. The largest absolute Gasteiger partial charge is 0.508 e. The van der Waals surface area contributed by atoms with Crippen molar-refractivity contribution in [3.63, 3.8) is 0 Å². The van der Waals surface area contributed by atoms with E-state index in [1.807, 2.05) is 74.0 Å². The standard InChI is InChI=1S/C32H40ClN5O5.C23H28ClN5O2.C21H27ClN2O4.ClH/c1-31(30(41)42)11-4-2-6-21(31)29(40)37-15-10-20-22(33)8-9-26(43-18-23-24-7-3-5-14-38(24)35-34-23)28(20)25(37)17-36-19-32(12-13-32)16-27(36)39;24-16-4-5-20(31-13-18-19-3-1-2-10-29(19)27-26-18)22-15(16)6-9-25-17(22)12-28-14-23(7-8-23)11-21(28)30;1-20(2,3)28-19(27)24-9-6-13-14(22)4-5-16(25)18(13)15(24)11-23-12-21(7-8-21)10-17(23)26;/h8-9,21,25H,2-7,10-19H2,1H3,(H,41,42);4-5,17,25H,1-3,6-14H2;4-5,15,25H,6-12H2,1-3H3;1H/t21-,25+,31-;17-;15-;/m011./s1. The van der Waals surface area contributed by atoms with Crippen molar-refractivity contribution in [2.24, 2.45) is 27.6 Å². The first-order valence-corrected chi connectivity index (χ1v) is 38.3. The molecule has 103 heavy (non-hydrogen) atoms. The van der Waals surface area contributed by atoms with Crippen molar-refractivity contribution in [3.8, 4) is 17.2 Å². The number of hydrogen-bond acceptors (Lipinski definition) is 15. The van der Waals surface area contributed by atoms with E-state index in [0.29, 0.717) is 112 Å². The second kappa shape index (κ2) is 28.8. The predicted octanol–water partition coefficient (Wildman–Crippen LogP) is 11.9. The Morgan fingerprint density at radius 3 is 1.56 bits per heavy atom. The smallest absolute Gasteiger partial charge is 0.410 e. The van der Waals surface area contributed by atoms with Crippen LogP contribution in [0.2, 0.25) is 15.1 Å². The molecule has 2 aromatic heterocycles. The Hall–Kier alpha value is -6.92. The van der Waals surface area contributed by atoms with E-state index in [4.69, 9.17) is 49.0 Å². The minimum Gasteiger partial charge on any atom is -0.508 e. The Labute approximate surface area is 622 Å². The van der Waals surface area contributed by atoms with E-state index in [-0.39, 0.29) is 70.7 Å². The zero-order valence-electron chi connectivity index (χ0n) is 59.6. The summed E-state index contributed by atoms with van der Waals surface area (Å²) in [5, 5.41) is 43.8. The Morgan fingerprint density at radius 2 is 1.06 bits per heavy atom. The molecule has 7 fully saturated rings. The highest BCUT2D eigenvalue weighted by Gasteiger charge is 2.56. The Balaban J connectivity index is 0.000000134. The van der Waals surface area contributed by atoms with Crippen LogP contribution in [0.15, 0.2) is 36.4 Å². The minimum absolute atomic E-state index is 0. The molecular weight excluding hydrogens is 1400 g/mol. The fourth-order valence-corrected chi connectivity index (χ4v) is 18.7. The van der Waals surface area contributed by atoms with Gasteiger partial charge in [0.05, 0.1) is 40.8 Å². The number of amides is 5. The lowest BCUT2D eigenvalue weighted by molar-refractivity contribution is -0.162. The summed E-state index contributed by atoms with van der Waals surface area (Å²) in [6.07, 6.45) is 19.1. The van der Waals surface area contributed by atoms with Gasteiger partial charge in [-0.15, -0.1) is 22.6 Å². The van der Waals surface area contributed by atoms with Crippen molar-refractivity contribution >= 4 is 82.9 Å². The number of fused-ring (bicyclic) bond motifs is 5. The first-order chi connectivity index (χ1) is 48.9. The highest BCUT2D eigenvalue weighted by atomic mass is 35.5. The van der Waals surface area contributed by atoms with E-state index in [2.05, 4.69) is 25.9 Å². The van der Waals surface area contributed by atoms with Gasteiger partial charge in [0, 0.05) is 116 Å². The van der Waals surface area contributed by atoms with Gasteiger partial charge in [-0.3, -0.25) is 28.9 Å². The van der Waals surface area contributed by atoms with Crippen LogP contribution in [-0.4, -0.2) is 165 Å². The number of likely N-dealkylation sites (tertiary alicyclic amines) is 3. The molecule has 4 saturated carbocycles. The maximum Gasteiger partial charge on any atom is 0.410 e. The van der Waals surface area contributed by atoms with Gasteiger partial charge in [0.25, 0.3) is 0 Å². The molecule has 0 unspecified atom stereocenters. The molecule has 8 aliphatic heterocycles. The number of phenols is 1. The second-order valence-electron chi connectivity index (χ2n) is 32.6. The summed E-state index contributed by atoms with van der Waals surface area (Å²) in [4.78, 5) is 87.5. The van der Waals surface area contributed by atoms with Gasteiger partial charge in [-0.05, 0) is 213 Å². The summed E-state index contributed by atoms with van der Waals surface area (Å²) in [6, 6.07) is 9.89. The van der Waals surface area contributed by atoms with Crippen LogP contribution in [0.3, 0.4) is 0 Å². The summed E-state index contributed by atoms with van der Waals surface area (Å²) in [7, 11) is 0. The molecule has 5 aromatic rings. The number of carboxylic acid groups (broad SMARTS) is 1. The summed E-state index contributed by atoms with van der Waals surface area (Å²) >= 11 is 19.8. The van der Waals surface area contributed by atoms with Crippen LogP contribution in [0.1, 0.15) is 211 Å². The number of nitrogens with zero attached hydrogens (tertiary/aromatic N) is 11. The maximum atomic E-state index is 14.5. The number of aliphatic carboxylic acids is 1. The van der Waals surface area contributed by atoms with Crippen molar-refractivity contribution in [3.05, 3.63) is 108 Å². The molecule has 4 aliphatic carbocycles. The first-order valence-electron chi connectivity index (χ1n) is 37.2. The highest BCUT2D eigenvalue weighted by molar-refractivity contribution is 6.32. The lowest BCUT2D eigenvalue weighted by Gasteiger charge is -2.45. The lowest BCUT2D eigenvalue weighted by atomic mass is 9.66. The predicted molar refractivity (Wildman–Crippen MR) is 386 cm³/mol. The molecule has 3 spiro atoms. The molecule has 5 atom stereocenters. The van der Waals surface area contributed by atoms with Crippen molar-refractivity contribution in [2.75, 3.05) is 58.9 Å². The van der Waals surface area contributed by atoms with Crippen LogP contribution >= 0.6 is 47.2 Å². The topological polar surface area (TPSA) is 260 Å². The van der Waals surface area contributed by atoms with Crippen LogP contribution in [0.4, 0.5) is 4.79 Å². The van der Waals surface area contributed by atoms with Gasteiger partial charge in [-0.2, -0.15) is 0 Å². The van der Waals surface area contributed by atoms with E-state index in [0.717, 1.165) is 165 Å². The number of aryl methyl sites for hydroxylation is 2. The third-order valence-electron chi connectivity index (χ3n) is 24.3. The van der Waals surface area contributed by atoms with Crippen LogP contribution in [0.25, 0.3) is 0 Å². The lowest BCUT2D eigenvalue weighted by Crippen LogP contribution is -2.52. The second-order valence-corrected chi connectivity index (χ2v) is 33.8. The molecule has 0 radical (unpaired) electrons. The number of halogens is 4. The van der Waals surface area contributed by atoms with Crippen LogP contribution in [0.5, 0.6) is 17.2 Å². The summed E-state index contributed by atoms with van der Waals surface area (Å²) in [5.74, 6) is 0.385. The Bertz CT molecular complexity index is 4150. The van der Waals surface area contributed by atoms with Crippen molar-refractivity contribution in [1.29, 1.82) is 0 Å². The average molecular weight is 1500 g/mol. The molecule has 10 heterocycles. The Kier molecular flexibility index (Phi) is 20.4. The van der Waals surface area contributed by atoms with Gasteiger partial charge in [-0.25, -0.2) is 14.2 Å². The molecule has 554 valence electrons. The quantitative estimate of drug-likeness (QED) is 0.0933. The number of rotatable bonds is 14. The molecule has 23 nitrogen and oxygen atoms in total. The molecular formula is C76H96Cl4N12O11. The zero-order valence-corrected chi connectivity index (χ0v) is 62.6. The minimum atomic E-state index is -1.12. The molecule has 5 amide bonds. The number of hydrogen-bond donors (Lipinski definition) is 3. The number of aromatic nitrogens is 6. The van der Waals surface area contributed by atoms with Gasteiger partial charge in [0.1, 0.15) is 47.5 Å². The molecule has 12 aliphatic rings. The van der Waals surface area contributed by atoms with Gasteiger partial charge in [0.2, 0.25) is 23.6 Å². The molecule has 3 N–H and O–H groups in total. The van der Waals surface area contributed by atoms with Crippen LogP contribution in [0, 0.1) is 27.6 Å². The molecule has 27 heteroatoms. The number of phenolic OH excluding ortho intramolecular Hbond substituents is 1. The van der Waals surface area contributed by atoms with Crippen molar-refractivity contribution in [2.45, 2.75) is 219 Å². The number of ether oxygens (including phenoxy) is 3. The number of aromatic hydroxyl groups is 1. The number of benzene rings is 3. The monoisotopic (exact) mass is 1490 g/mol. The summed E-state index contributed by atoms with van der Waals surface area (Å²) < 4.78 is 22.4. The molecule has 0 bridgehead atoms. The van der Waals surface area contributed by atoms with Crippen LogP contribution < -0.4 is 14.8 Å².